The predicted molar refractivity (Wildman–Crippen MR) is 111 cm³/mol. The summed E-state index contributed by atoms with van der Waals surface area (Å²) in [5.74, 6) is -0.347. The Labute approximate surface area is 164 Å². The highest BCUT2D eigenvalue weighted by molar-refractivity contribution is 9.10. The molecule has 0 unspecified atom stereocenters. The third-order valence-electron chi connectivity index (χ3n) is 4.12. The maximum atomic E-state index is 12.3. The SMILES string of the molecule is O=C(NN=Cc1cccc(Br)c1)c1cc(-c2cccc3ccccc23)n[nH]1. The van der Waals surface area contributed by atoms with E-state index >= 15 is 0 Å². The first-order valence-electron chi connectivity index (χ1n) is 8.33. The number of aromatic nitrogens is 2. The van der Waals surface area contributed by atoms with Crippen LogP contribution in [0.3, 0.4) is 0 Å². The molecule has 6 heteroatoms. The fourth-order valence-electron chi connectivity index (χ4n) is 2.84. The van der Waals surface area contributed by atoms with E-state index in [1.807, 2.05) is 54.6 Å². The van der Waals surface area contributed by atoms with Gasteiger partial charge in [-0.05, 0) is 34.5 Å². The summed E-state index contributed by atoms with van der Waals surface area (Å²) in [6.07, 6.45) is 1.59. The number of hydrogen-bond acceptors (Lipinski definition) is 3. The smallest absolute Gasteiger partial charge is 0.272 e. The van der Waals surface area contributed by atoms with Gasteiger partial charge in [-0.3, -0.25) is 9.89 Å². The normalized spacial score (nSPS) is 11.1. The fraction of sp³-hybridized carbons (Fsp3) is 0. The van der Waals surface area contributed by atoms with Crippen molar-refractivity contribution in [1.29, 1.82) is 0 Å². The van der Waals surface area contributed by atoms with E-state index in [0.717, 1.165) is 26.4 Å². The van der Waals surface area contributed by atoms with Gasteiger partial charge < -0.3 is 0 Å². The number of H-pyrrole nitrogens is 1. The zero-order valence-corrected chi connectivity index (χ0v) is 15.8. The van der Waals surface area contributed by atoms with Gasteiger partial charge in [0.2, 0.25) is 0 Å². The second kappa shape index (κ2) is 7.55. The lowest BCUT2D eigenvalue weighted by atomic mass is 10.0. The van der Waals surface area contributed by atoms with Crippen molar-refractivity contribution in [1.82, 2.24) is 15.6 Å². The van der Waals surface area contributed by atoms with Gasteiger partial charge in [0.05, 0.1) is 11.9 Å². The maximum absolute atomic E-state index is 12.3. The Bertz CT molecular complexity index is 1140. The van der Waals surface area contributed by atoms with Crippen molar-refractivity contribution < 1.29 is 4.79 Å². The number of rotatable bonds is 4. The Hall–Kier alpha value is -3.25. The molecule has 0 atom stereocenters. The van der Waals surface area contributed by atoms with Crippen molar-refractivity contribution in [3.63, 3.8) is 0 Å². The number of carbonyl (C=O) groups is 1. The van der Waals surface area contributed by atoms with Gasteiger partial charge in [-0.2, -0.15) is 10.2 Å². The summed E-state index contributed by atoms with van der Waals surface area (Å²) in [5.41, 5.74) is 5.43. The highest BCUT2D eigenvalue weighted by Crippen LogP contribution is 2.27. The van der Waals surface area contributed by atoms with Gasteiger partial charge in [-0.15, -0.1) is 0 Å². The largest absolute Gasteiger partial charge is 0.289 e. The molecule has 1 aromatic heterocycles. The van der Waals surface area contributed by atoms with Crippen LogP contribution in [-0.4, -0.2) is 22.3 Å². The number of nitrogens with one attached hydrogen (secondary N) is 2. The van der Waals surface area contributed by atoms with Crippen molar-refractivity contribution in [3.05, 3.63) is 88.5 Å². The number of nitrogens with zero attached hydrogens (tertiary/aromatic N) is 2. The van der Waals surface area contributed by atoms with Crippen LogP contribution in [0, 0.1) is 0 Å². The molecule has 4 rings (SSSR count). The summed E-state index contributed by atoms with van der Waals surface area (Å²) in [4.78, 5) is 12.3. The molecule has 132 valence electrons. The molecule has 0 spiro atoms. The van der Waals surface area contributed by atoms with E-state index in [1.54, 1.807) is 12.3 Å². The Morgan fingerprint density at radius 1 is 1.04 bits per heavy atom. The van der Waals surface area contributed by atoms with Crippen LogP contribution in [0.1, 0.15) is 16.1 Å². The molecule has 0 aliphatic rings. The van der Waals surface area contributed by atoms with E-state index in [4.69, 9.17) is 0 Å². The van der Waals surface area contributed by atoms with Crippen LogP contribution in [0.25, 0.3) is 22.0 Å². The summed E-state index contributed by atoms with van der Waals surface area (Å²) < 4.78 is 0.950. The second-order valence-electron chi connectivity index (χ2n) is 5.95. The monoisotopic (exact) mass is 418 g/mol. The Morgan fingerprint density at radius 3 is 2.74 bits per heavy atom. The van der Waals surface area contributed by atoms with Crippen molar-refractivity contribution >= 4 is 38.8 Å². The standard InChI is InChI=1S/C21H15BrN4O/c22-16-8-3-5-14(11-16)13-23-26-21(27)20-12-19(24-25-20)18-10-4-7-15-6-1-2-9-17(15)18/h1-13H,(H,24,25)(H,26,27). The summed E-state index contributed by atoms with van der Waals surface area (Å²) in [7, 11) is 0. The van der Waals surface area contributed by atoms with Crippen LogP contribution < -0.4 is 5.43 Å². The molecule has 0 fully saturated rings. The molecule has 3 aromatic carbocycles. The summed E-state index contributed by atoms with van der Waals surface area (Å²) in [5, 5.41) is 13.3. The third kappa shape index (κ3) is 3.80. The van der Waals surface area contributed by atoms with Gasteiger partial charge in [0.25, 0.3) is 5.91 Å². The third-order valence-corrected chi connectivity index (χ3v) is 4.61. The minimum Gasteiger partial charge on any atom is -0.272 e. The van der Waals surface area contributed by atoms with Gasteiger partial charge in [-0.25, -0.2) is 5.43 Å². The molecule has 1 heterocycles. The van der Waals surface area contributed by atoms with Gasteiger partial charge in [0, 0.05) is 10.0 Å². The Balaban J connectivity index is 1.53. The number of hydrazone groups is 1. The van der Waals surface area contributed by atoms with Gasteiger partial charge >= 0.3 is 0 Å². The van der Waals surface area contributed by atoms with Gasteiger partial charge in [0.1, 0.15) is 5.69 Å². The lowest BCUT2D eigenvalue weighted by Crippen LogP contribution is -2.17. The number of benzene rings is 3. The van der Waals surface area contributed by atoms with Crippen molar-refractivity contribution in [3.8, 4) is 11.3 Å². The summed E-state index contributed by atoms with van der Waals surface area (Å²) >= 11 is 3.40. The van der Waals surface area contributed by atoms with E-state index < -0.39 is 0 Å². The first-order chi connectivity index (χ1) is 13.2. The van der Waals surface area contributed by atoms with Crippen LogP contribution in [0.4, 0.5) is 0 Å². The zero-order valence-electron chi connectivity index (χ0n) is 14.2. The molecule has 0 radical (unpaired) electrons. The molecule has 0 saturated heterocycles. The maximum Gasteiger partial charge on any atom is 0.289 e. The van der Waals surface area contributed by atoms with E-state index in [9.17, 15) is 4.79 Å². The minimum atomic E-state index is -0.347. The lowest BCUT2D eigenvalue weighted by molar-refractivity contribution is 0.0950. The molecule has 1 amide bonds. The molecule has 0 bridgehead atoms. The van der Waals surface area contributed by atoms with Crippen LogP contribution in [0.5, 0.6) is 0 Å². The number of fused-ring (bicyclic) bond motifs is 1. The Morgan fingerprint density at radius 2 is 1.85 bits per heavy atom. The van der Waals surface area contributed by atoms with Crippen LogP contribution >= 0.6 is 15.9 Å². The topological polar surface area (TPSA) is 70.1 Å². The second-order valence-corrected chi connectivity index (χ2v) is 6.86. The Kier molecular flexibility index (Phi) is 4.80. The zero-order chi connectivity index (χ0) is 18.6. The fourth-order valence-corrected chi connectivity index (χ4v) is 3.25. The van der Waals surface area contributed by atoms with Gasteiger partial charge in [0.15, 0.2) is 0 Å². The highest BCUT2D eigenvalue weighted by atomic mass is 79.9. The average molecular weight is 419 g/mol. The summed E-state index contributed by atoms with van der Waals surface area (Å²) in [6, 6.07) is 23.5. The molecule has 2 N–H and O–H groups in total. The minimum absolute atomic E-state index is 0.347. The van der Waals surface area contributed by atoms with Crippen LogP contribution in [0.2, 0.25) is 0 Å². The highest BCUT2D eigenvalue weighted by Gasteiger charge is 2.12. The van der Waals surface area contributed by atoms with Crippen molar-refractivity contribution in [2.45, 2.75) is 0 Å². The van der Waals surface area contributed by atoms with Crippen LogP contribution in [0.15, 0.2) is 82.4 Å². The van der Waals surface area contributed by atoms with Crippen LogP contribution in [-0.2, 0) is 0 Å². The predicted octanol–water partition coefficient (Wildman–Crippen LogP) is 4.76. The number of aromatic amines is 1. The molecular formula is C21H15BrN4O. The first kappa shape index (κ1) is 17.2. The van der Waals surface area contributed by atoms with E-state index in [0.29, 0.717) is 11.4 Å². The molecular weight excluding hydrogens is 404 g/mol. The molecule has 4 aromatic rings. The first-order valence-corrected chi connectivity index (χ1v) is 9.12. The quantitative estimate of drug-likeness (QED) is 0.370. The van der Waals surface area contributed by atoms with E-state index in [-0.39, 0.29) is 5.91 Å². The average Bonchev–Trinajstić information content (AvgIpc) is 3.18. The van der Waals surface area contributed by atoms with Crippen molar-refractivity contribution in [2.75, 3.05) is 0 Å². The molecule has 5 nitrogen and oxygen atoms in total. The number of amides is 1. The van der Waals surface area contributed by atoms with Gasteiger partial charge in [-0.1, -0.05) is 70.5 Å². The van der Waals surface area contributed by atoms with E-state index in [1.165, 1.54) is 0 Å². The van der Waals surface area contributed by atoms with E-state index in [2.05, 4.69) is 48.8 Å². The molecule has 27 heavy (non-hydrogen) atoms. The molecule has 0 aliphatic carbocycles. The number of carbonyl (C=O) groups excluding carboxylic acids is 1. The molecule has 0 aliphatic heterocycles. The van der Waals surface area contributed by atoms with Crippen molar-refractivity contribution in [2.24, 2.45) is 5.10 Å². The summed E-state index contributed by atoms with van der Waals surface area (Å²) in [6.45, 7) is 0. The number of hydrogen-bond donors (Lipinski definition) is 2. The lowest BCUT2D eigenvalue weighted by Gasteiger charge is -2.02. The number of halogens is 1. The molecule has 0 saturated carbocycles.